The molecule has 0 saturated carbocycles. The standard InChI is InChI=1S/C16H19BrN2O2/c1-11-6-12(8-13(17)7-11)15(21)19-4-2-16(3-5-19)9-14(20)18-10-16/h6-8H,2-5,9-10H2,1H3,(H,18,20). The van der Waals surface area contributed by atoms with Gasteiger partial charge in [-0.1, -0.05) is 15.9 Å². The molecule has 0 aromatic heterocycles. The average molecular weight is 351 g/mol. The number of carbonyl (C=O) groups is 2. The molecule has 1 spiro atoms. The SMILES string of the molecule is Cc1cc(Br)cc(C(=O)N2CCC3(CC2)CNC(=O)C3)c1. The van der Waals surface area contributed by atoms with E-state index in [4.69, 9.17) is 0 Å². The highest BCUT2D eigenvalue weighted by Gasteiger charge is 2.41. The fraction of sp³-hybridized carbons (Fsp3) is 0.500. The lowest BCUT2D eigenvalue weighted by molar-refractivity contribution is -0.119. The Labute approximate surface area is 133 Å². The van der Waals surface area contributed by atoms with E-state index >= 15 is 0 Å². The Hall–Kier alpha value is -1.36. The van der Waals surface area contributed by atoms with Crippen LogP contribution in [0.2, 0.25) is 0 Å². The predicted octanol–water partition coefficient (Wildman–Crippen LogP) is 2.50. The second kappa shape index (κ2) is 5.44. The van der Waals surface area contributed by atoms with E-state index in [1.807, 2.05) is 30.0 Å². The van der Waals surface area contributed by atoms with E-state index in [-0.39, 0.29) is 17.2 Å². The third-order valence-electron chi connectivity index (χ3n) is 4.60. The zero-order chi connectivity index (χ0) is 15.0. The van der Waals surface area contributed by atoms with Crippen LogP contribution in [-0.4, -0.2) is 36.3 Å². The van der Waals surface area contributed by atoms with E-state index < -0.39 is 0 Å². The molecule has 2 saturated heterocycles. The molecule has 0 aliphatic carbocycles. The number of hydrogen-bond donors (Lipinski definition) is 1. The first-order chi connectivity index (χ1) is 9.97. The van der Waals surface area contributed by atoms with Crippen LogP contribution in [0.3, 0.4) is 0 Å². The topological polar surface area (TPSA) is 49.4 Å². The monoisotopic (exact) mass is 350 g/mol. The maximum atomic E-state index is 12.6. The van der Waals surface area contributed by atoms with Crippen LogP contribution in [0.5, 0.6) is 0 Å². The van der Waals surface area contributed by atoms with Crippen molar-refractivity contribution >= 4 is 27.7 Å². The van der Waals surface area contributed by atoms with E-state index in [1.165, 1.54) is 0 Å². The number of aryl methyl sites for hydroxylation is 1. The van der Waals surface area contributed by atoms with Crippen molar-refractivity contribution in [2.24, 2.45) is 5.41 Å². The first-order valence-electron chi connectivity index (χ1n) is 7.31. The second-order valence-electron chi connectivity index (χ2n) is 6.26. The van der Waals surface area contributed by atoms with Crippen LogP contribution in [-0.2, 0) is 4.79 Å². The van der Waals surface area contributed by atoms with Crippen LogP contribution in [0.25, 0.3) is 0 Å². The van der Waals surface area contributed by atoms with Crippen molar-refractivity contribution in [2.75, 3.05) is 19.6 Å². The molecule has 2 amide bonds. The van der Waals surface area contributed by atoms with E-state index in [0.29, 0.717) is 6.42 Å². The van der Waals surface area contributed by atoms with E-state index in [2.05, 4.69) is 21.2 Å². The lowest BCUT2D eigenvalue weighted by Gasteiger charge is -2.38. The molecule has 1 aromatic rings. The predicted molar refractivity (Wildman–Crippen MR) is 84.1 cm³/mol. The van der Waals surface area contributed by atoms with Gasteiger partial charge < -0.3 is 10.2 Å². The zero-order valence-electron chi connectivity index (χ0n) is 12.1. The fourth-order valence-corrected chi connectivity index (χ4v) is 3.94. The van der Waals surface area contributed by atoms with Gasteiger partial charge in [0.05, 0.1) is 0 Å². The van der Waals surface area contributed by atoms with Crippen molar-refractivity contribution in [1.82, 2.24) is 10.2 Å². The Kier molecular flexibility index (Phi) is 3.78. The summed E-state index contributed by atoms with van der Waals surface area (Å²) in [7, 11) is 0. The van der Waals surface area contributed by atoms with Crippen LogP contribution in [0.1, 0.15) is 35.2 Å². The molecule has 0 bridgehead atoms. The number of nitrogens with zero attached hydrogens (tertiary/aromatic N) is 1. The minimum Gasteiger partial charge on any atom is -0.356 e. The first kappa shape index (κ1) is 14.6. The molecule has 21 heavy (non-hydrogen) atoms. The summed E-state index contributed by atoms with van der Waals surface area (Å²) in [6.45, 7) is 4.23. The van der Waals surface area contributed by atoms with Crippen molar-refractivity contribution < 1.29 is 9.59 Å². The minimum absolute atomic E-state index is 0.0844. The number of likely N-dealkylation sites (tertiary alicyclic amines) is 1. The molecule has 4 nitrogen and oxygen atoms in total. The third kappa shape index (κ3) is 2.98. The Morgan fingerprint density at radius 1 is 1.29 bits per heavy atom. The van der Waals surface area contributed by atoms with Crippen LogP contribution in [0, 0.1) is 12.3 Å². The van der Waals surface area contributed by atoms with Gasteiger partial charge in [0, 0.05) is 36.1 Å². The van der Waals surface area contributed by atoms with Gasteiger partial charge in [-0.2, -0.15) is 0 Å². The van der Waals surface area contributed by atoms with Crippen molar-refractivity contribution in [3.63, 3.8) is 0 Å². The molecule has 2 aliphatic heterocycles. The number of piperidine rings is 1. The maximum Gasteiger partial charge on any atom is 0.253 e. The molecular formula is C16H19BrN2O2. The Morgan fingerprint density at radius 2 is 2.00 bits per heavy atom. The summed E-state index contributed by atoms with van der Waals surface area (Å²) in [4.78, 5) is 25.9. The van der Waals surface area contributed by atoms with Gasteiger partial charge in [-0.15, -0.1) is 0 Å². The average Bonchev–Trinajstić information content (AvgIpc) is 2.79. The van der Waals surface area contributed by atoms with Gasteiger partial charge in [-0.3, -0.25) is 9.59 Å². The van der Waals surface area contributed by atoms with Crippen molar-refractivity contribution in [3.05, 3.63) is 33.8 Å². The van der Waals surface area contributed by atoms with E-state index in [1.54, 1.807) is 0 Å². The normalized spacial score (nSPS) is 20.7. The lowest BCUT2D eigenvalue weighted by Crippen LogP contribution is -2.44. The fourth-order valence-electron chi connectivity index (χ4n) is 3.33. The maximum absolute atomic E-state index is 12.6. The van der Waals surface area contributed by atoms with Crippen LogP contribution < -0.4 is 5.32 Å². The van der Waals surface area contributed by atoms with Gasteiger partial charge in [0.15, 0.2) is 0 Å². The number of benzene rings is 1. The summed E-state index contributed by atoms with van der Waals surface area (Å²) in [5.41, 5.74) is 1.89. The molecule has 0 radical (unpaired) electrons. The molecule has 1 aromatic carbocycles. The third-order valence-corrected chi connectivity index (χ3v) is 5.05. The number of halogens is 1. The molecule has 2 aliphatic rings. The van der Waals surface area contributed by atoms with E-state index in [9.17, 15) is 9.59 Å². The highest BCUT2D eigenvalue weighted by atomic mass is 79.9. The molecule has 2 fully saturated rings. The Balaban J connectivity index is 1.69. The quantitative estimate of drug-likeness (QED) is 0.845. The molecule has 0 unspecified atom stereocenters. The number of rotatable bonds is 1. The lowest BCUT2D eigenvalue weighted by atomic mass is 9.77. The molecule has 1 N–H and O–H groups in total. The van der Waals surface area contributed by atoms with Gasteiger partial charge >= 0.3 is 0 Å². The zero-order valence-corrected chi connectivity index (χ0v) is 13.7. The van der Waals surface area contributed by atoms with Crippen LogP contribution in [0.4, 0.5) is 0 Å². The van der Waals surface area contributed by atoms with Crippen LogP contribution in [0.15, 0.2) is 22.7 Å². The first-order valence-corrected chi connectivity index (χ1v) is 8.10. The highest BCUT2D eigenvalue weighted by Crippen LogP contribution is 2.37. The summed E-state index contributed by atoms with van der Waals surface area (Å²) >= 11 is 3.44. The van der Waals surface area contributed by atoms with Crippen LogP contribution >= 0.6 is 15.9 Å². The Bertz CT molecular complexity index is 572. The van der Waals surface area contributed by atoms with Crippen molar-refractivity contribution in [1.29, 1.82) is 0 Å². The number of amides is 2. The molecule has 112 valence electrons. The number of hydrogen-bond acceptors (Lipinski definition) is 2. The van der Waals surface area contributed by atoms with Crippen molar-refractivity contribution in [3.8, 4) is 0 Å². The summed E-state index contributed by atoms with van der Waals surface area (Å²) in [6.07, 6.45) is 2.43. The number of nitrogens with one attached hydrogen (secondary N) is 1. The van der Waals surface area contributed by atoms with Gasteiger partial charge in [-0.25, -0.2) is 0 Å². The Morgan fingerprint density at radius 3 is 2.57 bits per heavy atom. The molecule has 0 atom stereocenters. The minimum atomic E-state index is 0.0844. The van der Waals surface area contributed by atoms with Gasteiger partial charge in [0.25, 0.3) is 5.91 Å². The summed E-state index contributed by atoms with van der Waals surface area (Å²) < 4.78 is 0.935. The van der Waals surface area contributed by atoms with Gasteiger partial charge in [-0.05, 0) is 48.9 Å². The highest BCUT2D eigenvalue weighted by molar-refractivity contribution is 9.10. The van der Waals surface area contributed by atoms with Gasteiger partial charge in [0.1, 0.15) is 0 Å². The summed E-state index contributed by atoms with van der Waals surface area (Å²) in [5.74, 6) is 0.240. The summed E-state index contributed by atoms with van der Waals surface area (Å²) in [5, 5.41) is 2.92. The molecule has 2 heterocycles. The second-order valence-corrected chi connectivity index (χ2v) is 7.18. The summed E-state index contributed by atoms with van der Waals surface area (Å²) in [6, 6.07) is 5.80. The number of carbonyl (C=O) groups excluding carboxylic acids is 2. The van der Waals surface area contributed by atoms with Crippen molar-refractivity contribution in [2.45, 2.75) is 26.2 Å². The molecular weight excluding hydrogens is 332 g/mol. The molecule has 5 heteroatoms. The largest absolute Gasteiger partial charge is 0.356 e. The van der Waals surface area contributed by atoms with E-state index in [0.717, 1.165) is 48.1 Å². The smallest absolute Gasteiger partial charge is 0.253 e. The molecule has 3 rings (SSSR count). The van der Waals surface area contributed by atoms with Gasteiger partial charge in [0.2, 0.25) is 5.91 Å².